The molecule has 1 aliphatic heterocycles. The molecule has 1 saturated heterocycles. The summed E-state index contributed by atoms with van der Waals surface area (Å²) in [6.45, 7) is 10.1. The predicted octanol–water partition coefficient (Wildman–Crippen LogP) is 2.28. The van der Waals surface area contributed by atoms with E-state index in [-0.39, 0.29) is 5.91 Å². The molecule has 0 bridgehead atoms. The van der Waals surface area contributed by atoms with Crippen LogP contribution in [0.3, 0.4) is 0 Å². The van der Waals surface area contributed by atoms with Crippen molar-refractivity contribution in [3.63, 3.8) is 0 Å². The van der Waals surface area contributed by atoms with Crippen LogP contribution >= 0.6 is 0 Å². The second-order valence-corrected chi connectivity index (χ2v) is 6.47. The Morgan fingerprint density at radius 3 is 2.38 bits per heavy atom. The van der Waals surface area contributed by atoms with Gasteiger partial charge in [0.25, 0.3) is 5.91 Å². The van der Waals surface area contributed by atoms with Gasteiger partial charge in [-0.3, -0.25) is 14.7 Å². The van der Waals surface area contributed by atoms with Crippen LogP contribution in [0.25, 0.3) is 0 Å². The van der Waals surface area contributed by atoms with Gasteiger partial charge in [0.15, 0.2) is 0 Å². The largest absolute Gasteiger partial charge is 0.357 e. The van der Waals surface area contributed by atoms with E-state index in [4.69, 9.17) is 0 Å². The van der Waals surface area contributed by atoms with Crippen LogP contribution in [0, 0.1) is 0 Å². The summed E-state index contributed by atoms with van der Waals surface area (Å²) in [4.78, 5) is 28.0. The third-order valence-corrected chi connectivity index (χ3v) is 4.85. The van der Waals surface area contributed by atoms with E-state index in [0.717, 1.165) is 57.3 Å². The molecule has 3 rings (SSSR count). The number of hydrogen-bond acceptors (Lipinski definition) is 5. The predicted molar refractivity (Wildman–Crippen MR) is 103 cm³/mol. The number of carbonyl (C=O) groups is 1. The zero-order valence-corrected chi connectivity index (χ0v) is 15.6. The maximum atomic E-state index is 12.7. The zero-order chi connectivity index (χ0) is 18.4. The van der Waals surface area contributed by atoms with Crippen LogP contribution < -0.4 is 4.90 Å². The molecule has 26 heavy (non-hydrogen) atoms. The molecule has 1 fully saturated rings. The number of amides is 1. The Hall–Kier alpha value is -2.47. The molecule has 0 atom stereocenters. The monoisotopic (exact) mass is 353 g/mol. The lowest BCUT2D eigenvalue weighted by Crippen LogP contribution is -2.48. The minimum absolute atomic E-state index is 0.0704. The molecule has 1 aliphatic rings. The van der Waals surface area contributed by atoms with E-state index in [9.17, 15) is 4.79 Å². The first-order valence-electron chi connectivity index (χ1n) is 9.33. The minimum atomic E-state index is 0.0704. The maximum absolute atomic E-state index is 12.7. The number of piperazine rings is 1. The van der Waals surface area contributed by atoms with Gasteiger partial charge in [-0.15, -0.1) is 0 Å². The normalized spacial score (nSPS) is 15.1. The van der Waals surface area contributed by atoms with Crippen LogP contribution in [0.2, 0.25) is 0 Å². The summed E-state index contributed by atoms with van der Waals surface area (Å²) in [5.74, 6) is 0.993. The minimum Gasteiger partial charge on any atom is -0.357 e. The average Bonchev–Trinajstić information content (AvgIpc) is 2.70. The Morgan fingerprint density at radius 2 is 1.81 bits per heavy atom. The lowest BCUT2D eigenvalue weighted by atomic mass is 10.2. The van der Waals surface area contributed by atoms with Crippen molar-refractivity contribution in [2.75, 3.05) is 44.2 Å². The molecular formula is C20H27N5O. The summed E-state index contributed by atoms with van der Waals surface area (Å²) in [6, 6.07) is 9.82. The van der Waals surface area contributed by atoms with Crippen molar-refractivity contribution in [1.29, 1.82) is 0 Å². The fourth-order valence-corrected chi connectivity index (χ4v) is 3.26. The maximum Gasteiger partial charge on any atom is 0.255 e. The summed E-state index contributed by atoms with van der Waals surface area (Å²) in [5.41, 5.74) is 1.74. The van der Waals surface area contributed by atoms with Gasteiger partial charge in [-0.1, -0.05) is 6.07 Å². The molecule has 0 spiro atoms. The lowest BCUT2D eigenvalue weighted by Gasteiger charge is -2.34. The molecule has 0 N–H and O–H groups in total. The highest BCUT2D eigenvalue weighted by molar-refractivity contribution is 5.94. The Morgan fingerprint density at radius 1 is 1.04 bits per heavy atom. The van der Waals surface area contributed by atoms with E-state index in [1.165, 1.54) is 0 Å². The lowest BCUT2D eigenvalue weighted by molar-refractivity contribution is 0.0626. The number of pyridine rings is 2. The Labute approximate surface area is 155 Å². The van der Waals surface area contributed by atoms with Crippen LogP contribution in [0.4, 0.5) is 5.82 Å². The van der Waals surface area contributed by atoms with Gasteiger partial charge in [-0.05, 0) is 38.1 Å². The van der Waals surface area contributed by atoms with Crippen LogP contribution in [0.5, 0.6) is 0 Å². The number of nitrogens with zero attached hydrogens (tertiary/aromatic N) is 5. The van der Waals surface area contributed by atoms with Crippen LogP contribution in [0.15, 0.2) is 42.7 Å². The molecule has 1 amide bonds. The molecule has 3 heterocycles. The standard InChI is InChI=1S/C20H27N5O/c1-3-24(4-2)19-9-8-17(15-22-19)20(26)25-13-11-23(12-14-25)16-18-7-5-6-10-21-18/h5-10,15H,3-4,11-14,16H2,1-2H3. The summed E-state index contributed by atoms with van der Waals surface area (Å²) in [6.07, 6.45) is 3.53. The van der Waals surface area contributed by atoms with Crippen molar-refractivity contribution in [2.24, 2.45) is 0 Å². The number of carbonyl (C=O) groups excluding carboxylic acids is 1. The fraction of sp³-hybridized carbons (Fsp3) is 0.450. The van der Waals surface area contributed by atoms with E-state index in [0.29, 0.717) is 5.56 Å². The van der Waals surface area contributed by atoms with Gasteiger partial charge in [-0.2, -0.15) is 0 Å². The molecule has 0 aromatic carbocycles. The first-order chi connectivity index (χ1) is 12.7. The molecule has 2 aromatic heterocycles. The third kappa shape index (κ3) is 4.38. The number of anilines is 1. The second-order valence-electron chi connectivity index (χ2n) is 6.47. The van der Waals surface area contributed by atoms with Gasteiger partial charge in [0.05, 0.1) is 11.3 Å². The molecule has 0 saturated carbocycles. The first-order valence-corrected chi connectivity index (χ1v) is 9.33. The highest BCUT2D eigenvalue weighted by Crippen LogP contribution is 2.14. The van der Waals surface area contributed by atoms with Crippen molar-refractivity contribution < 1.29 is 4.79 Å². The van der Waals surface area contributed by atoms with Gasteiger partial charge in [0.2, 0.25) is 0 Å². The molecule has 6 heteroatoms. The number of rotatable bonds is 6. The Bertz CT molecular complexity index is 692. The van der Waals surface area contributed by atoms with Crippen molar-refractivity contribution in [3.8, 4) is 0 Å². The van der Waals surface area contributed by atoms with E-state index in [1.54, 1.807) is 6.20 Å². The number of aromatic nitrogens is 2. The van der Waals surface area contributed by atoms with Gasteiger partial charge in [-0.25, -0.2) is 4.98 Å². The van der Waals surface area contributed by atoms with E-state index < -0.39 is 0 Å². The topological polar surface area (TPSA) is 52.6 Å². The Balaban J connectivity index is 1.55. The molecule has 0 aliphatic carbocycles. The van der Waals surface area contributed by atoms with Crippen molar-refractivity contribution in [1.82, 2.24) is 19.8 Å². The van der Waals surface area contributed by atoms with Crippen LogP contribution in [-0.4, -0.2) is 64.9 Å². The molecule has 2 aromatic rings. The highest BCUT2D eigenvalue weighted by Gasteiger charge is 2.22. The van der Waals surface area contributed by atoms with E-state index in [1.807, 2.05) is 41.4 Å². The van der Waals surface area contributed by atoms with Crippen molar-refractivity contribution >= 4 is 11.7 Å². The van der Waals surface area contributed by atoms with E-state index in [2.05, 4.69) is 33.6 Å². The summed E-state index contributed by atoms with van der Waals surface area (Å²) < 4.78 is 0. The second kappa shape index (κ2) is 8.76. The quantitative estimate of drug-likeness (QED) is 0.797. The molecule has 0 radical (unpaired) electrons. The van der Waals surface area contributed by atoms with Crippen molar-refractivity contribution in [3.05, 3.63) is 54.0 Å². The molecule has 6 nitrogen and oxygen atoms in total. The van der Waals surface area contributed by atoms with E-state index >= 15 is 0 Å². The van der Waals surface area contributed by atoms with Crippen LogP contribution in [0.1, 0.15) is 29.9 Å². The average molecular weight is 353 g/mol. The summed E-state index contributed by atoms with van der Waals surface area (Å²) in [5, 5.41) is 0. The summed E-state index contributed by atoms with van der Waals surface area (Å²) >= 11 is 0. The molecular weight excluding hydrogens is 326 g/mol. The Kier molecular flexibility index (Phi) is 6.17. The van der Waals surface area contributed by atoms with Gasteiger partial charge in [0, 0.05) is 58.2 Å². The SMILES string of the molecule is CCN(CC)c1ccc(C(=O)N2CCN(Cc3ccccn3)CC2)cn1. The first kappa shape index (κ1) is 18.3. The highest BCUT2D eigenvalue weighted by atomic mass is 16.2. The summed E-state index contributed by atoms with van der Waals surface area (Å²) in [7, 11) is 0. The smallest absolute Gasteiger partial charge is 0.255 e. The zero-order valence-electron chi connectivity index (χ0n) is 15.6. The van der Waals surface area contributed by atoms with Crippen LogP contribution in [-0.2, 0) is 6.54 Å². The molecule has 138 valence electrons. The molecule has 0 unspecified atom stereocenters. The fourth-order valence-electron chi connectivity index (χ4n) is 3.26. The van der Waals surface area contributed by atoms with Gasteiger partial charge >= 0.3 is 0 Å². The van der Waals surface area contributed by atoms with Crippen molar-refractivity contribution in [2.45, 2.75) is 20.4 Å². The third-order valence-electron chi connectivity index (χ3n) is 4.85. The van der Waals surface area contributed by atoms with Gasteiger partial charge < -0.3 is 9.80 Å². The number of hydrogen-bond donors (Lipinski definition) is 0. The van der Waals surface area contributed by atoms with Gasteiger partial charge in [0.1, 0.15) is 5.82 Å².